The van der Waals surface area contributed by atoms with Gasteiger partial charge in [-0.15, -0.1) is 3.77 Å². The number of hydrogen-bond acceptors (Lipinski definition) is 4. The van der Waals surface area contributed by atoms with Crippen LogP contribution in [0.5, 0.6) is 0 Å². The van der Waals surface area contributed by atoms with Crippen molar-refractivity contribution in [2.45, 2.75) is 60.2 Å². The van der Waals surface area contributed by atoms with Crippen LogP contribution in [0.15, 0.2) is 32.9 Å². The van der Waals surface area contributed by atoms with E-state index in [4.69, 9.17) is 0 Å². The number of hydrogen-bond donors (Lipinski definition) is 2. The summed E-state index contributed by atoms with van der Waals surface area (Å²) in [5, 5.41) is 20.0. The van der Waals surface area contributed by atoms with E-state index in [1.165, 1.54) is 0 Å². The maximum Gasteiger partial charge on any atom is 0.287 e. The van der Waals surface area contributed by atoms with E-state index < -0.39 is 32.9 Å². The van der Waals surface area contributed by atoms with Gasteiger partial charge in [-0.25, -0.2) is 0 Å². The van der Waals surface area contributed by atoms with Crippen LogP contribution in [0.25, 0.3) is 0 Å². The number of aryl methyl sites for hydroxylation is 1. The lowest BCUT2D eigenvalue weighted by Gasteiger charge is -2.42. The summed E-state index contributed by atoms with van der Waals surface area (Å²) < 4.78 is 29.2. The van der Waals surface area contributed by atoms with E-state index in [-0.39, 0.29) is 15.4 Å². The molecule has 0 saturated carbocycles. The van der Waals surface area contributed by atoms with Gasteiger partial charge in [0.1, 0.15) is 0 Å². The second kappa shape index (κ2) is 6.03. The predicted molar refractivity (Wildman–Crippen MR) is 86.2 cm³/mol. The monoisotopic (exact) mass is 343 g/mol. The molecular weight excluding hydrogens is 322 g/mol. The van der Waals surface area contributed by atoms with Crippen LogP contribution in [-0.2, 0) is 20.7 Å². The molecule has 2 N–H and O–H groups in total. The number of fused-ring (bicyclic) bond motifs is 2. The molecule has 3 rings (SSSR count). The van der Waals surface area contributed by atoms with Gasteiger partial charge in [-0.3, -0.25) is 0 Å². The first-order valence-electron chi connectivity index (χ1n) is 7.51. The second-order valence-electron chi connectivity index (χ2n) is 6.08. The van der Waals surface area contributed by atoms with Crippen LogP contribution in [0.1, 0.15) is 31.2 Å². The molecule has 0 radical (unpaired) electrons. The minimum atomic E-state index is -3.75. The van der Waals surface area contributed by atoms with Crippen molar-refractivity contribution in [2.75, 3.05) is 0 Å². The molecule has 1 aromatic rings. The van der Waals surface area contributed by atoms with Gasteiger partial charge in [0.05, 0.1) is 17.1 Å². The lowest BCUT2D eigenvalue weighted by molar-refractivity contribution is 0.0895. The molecule has 0 aliphatic carbocycles. The third-order valence-electron chi connectivity index (χ3n) is 4.48. The van der Waals surface area contributed by atoms with Gasteiger partial charge in [-0.2, -0.15) is 8.42 Å². The zero-order valence-electron chi connectivity index (χ0n) is 12.4. The van der Waals surface area contributed by atoms with Gasteiger partial charge in [0.15, 0.2) is 0 Å². The summed E-state index contributed by atoms with van der Waals surface area (Å²) in [5.41, 5.74) is 0.988. The lowest BCUT2D eigenvalue weighted by Crippen LogP contribution is -2.50. The Hall–Kier alpha value is -0.760. The number of aliphatic hydroxyl groups is 2. The maximum absolute atomic E-state index is 12.5. The van der Waals surface area contributed by atoms with E-state index in [0.29, 0.717) is 25.7 Å². The number of sulfonamides is 1. The first-order chi connectivity index (χ1) is 10.4. The Labute approximate surface area is 133 Å². The van der Waals surface area contributed by atoms with Crippen molar-refractivity contribution in [3.05, 3.63) is 29.8 Å². The molecule has 0 aromatic heterocycles. The Morgan fingerprint density at radius 1 is 1.00 bits per heavy atom. The van der Waals surface area contributed by atoms with Crippen LogP contribution in [0.4, 0.5) is 0 Å². The van der Waals surface area contributed by atoms with Crippen molar-refractivity contribution in [1.29, 1.82) is 0 Å². The first kappa shape index (κ1) is 16.1. The van der Waals surface area contributed by atoms with Gasteiger partial charge in [0, 0.05) is 10.5 Å². The predicted octanol–water partition coefficient (Wildman–Crippen LogP) is 1.53. The molecule has 2 saturated heterocycles. The Kier molecular flexibility index (Phi) is 4.42. The van der Waals surface area contributed by atoms with Crippen LogP contribution in [-0.4, -0.2) is 41.3 Å². The highest BCUT2D eigenvalue weighted by Gasteiger charge is 2.42. The molecule has 2 aliphatic heterocycles. The Balaban J connectivity index is 2.00. The zero-order valence-corrected chi connectivity index (χ0v) is 14.1. The van der Waals surface area contributed by atoms with Crippen LogP contribution in [0.3, 0.4) is 0 Å². The van der Waals surface area contributed by atoms with Gasteiger partial charge in [0.25, 0.3) is 10.0 Å². The molecule has 5 nitrogen and oxygen atoms in total. The number of rotatable bonds is 2. The fraction of sp³-hybridized carbons (Fsp3) is 0.600. The van der Waals surface area contributed by atoms with E-state index in [0.717, 1.165) is 5.56 Å². The van der Waals surface area contributed by atoms with Crippen molar-refractivity contribution in [2.24, 2.45) is 3.77 Å². The van der Waals surface area contributed by atoms with Gasteiger partial charge in [0.2, 0.25) is 0 Å². The van der Waals surface area contributed by atoms with E-state index in [1.54, 1.807) is 24.3 Å². The third-order valence-corrected chi connectivity index (χ3v) is 9.16. The van der Waals surface area contributed by atoms with Gasteiger partial charge in [-0.05, 0) is 44.7 Å². The van der Waals surface area contributed by atoms with E-state index in [1.807, 2.05) is 6.92 Å². The van der Waals surface area contributed by atoms with Crippen molar-refractivity contribution >= 4 is 20.7 Å². The normalized spacial score (nSPS) is 35.1. The molecule has 2 heterocycles. The summed E-state index contributed by atoms with van der Waals surface area (Å²) in [7, 11) is -4.59. The molecule has 2 aliphatic rings. The van der Waals surface area contributed by atoms with Crippen LogP contribution in [0, 0.1) is 6.92 Å². The highest BCUT2D eigenvalue weighted by Crippen LogP contribution is 2.36. The molecule has 4 atom stereocenters. The lowest BCUT2D eigenvalue weighted by atomic mass is 9.95. The summed E-state index contributed by atoms with van der Waals surface area (Å²) in [5.74, 6) is 0. The molecule has 2 bridgehead atoms. The molecule has 0 spiro atoms. The molecule has 0 unspecified atom stereocenters. The highest BCUT2D eigenvalue weighted by molar-refractivity contribution is 8.00. The first-order valence-corrected chi connectivity index (χ1v) is 10.3. The molecule has 7 heteroatoms. The fourth-order valence-electron chi connectivity index (χ4n) is 3.19. The molecule has 1 aromatic carbocycles. The number of benzene rings is 1. The molecule has 0 amide bonds. The molecule has 2 fully saturated rings. The second-order valence-corrected chi connectivity index (χ2v) is 10.00. The minimum Gasteiger partial charge on any atom is -0.392 e. The van der Waals surface area contributed by atoms with E-state index >= 15 is 0 Å². The van der Waals surface area contributed by atoms with Gasteiger partial charge >= 0.3 is 0 Å². The minimum absolute atomic E-state index is 0.137. The molecule has 122 valence electrons. The Morgan fingerprint density at radius 2 is 1.50 bits per heavy atom. The number of aliphatic hydroxyl groups excluding tert-OH is 2. The quantitative estimate of drug-likeness (QED) is 0.852. The average molecular weight is 343 g/mol. The topological polar surface area (TPSA) is 87.0 Å². The van der Waals surface area contributed by atoms with Crippen molar-refractivity contribution in [1.82, 2.24) is 0 Å². The third kappa shape index (κ3) is 2.99. The summed E-state index contributed by atoms with van der Waals surface area (Å²) in [6.45, 7) is 1.90. The van der Waals surface area contributed by atoms with Crippen molar-refractivity contribution < 1.29 is 18.6 Å². The van der Waals surface area contributed by atoms with E-state index in [9.17, 15) is 18.6 Å². The van der Waals surface area contributed by atoms with E-state index in [2.05, 4.69) is 3.77 Å². The summed E-state index contributed by atoms with van der Waals surface area (Å²) >= 11 is 0. The maximum atomic E-state index is 12.5. The summed E-state index contributed by atoms with van der Waals surface area (Å²) in [6.07, 6.45) is 1.49. The van der Waals surface area contributed by atoms with Crippen LogP contribution >= 0.6 is 0 Å². The SMILES string of the molecule is Cc1ccc(S(=O)(=O)N=S2[C@@H]3CC[C@@H](O)[C@H]2CC[C@H]3O)cc1. The van der Waals surface area contributed by atoms with Crippen LogP contribution < -0.4 is 0 Å². The fourth-order valence-corrected chi connectivity index (χ4v) is 7.93. The average Bonchev–Trinajstić information content (AvgIpc) is 2.45. The van der Waals surface area contributed by atoms with Crippen LogP contribution in [0.2, 0.25) is 0 Å². The highest BCUT2D eigenvalue weighted by atomic mass is 32.3. The largest absolute Gasteiger partial charge is 0.392 e. The Bertz CT molecular complexity index is 664. The van der Waals surface area contributed by atoms with Gasteiger partial charge < -0.3 is 10.2 Å². The smallest absolute Gasteiger partial charge is 0.287 e. The zero-order chi connectivity index (χ0) is 15.9. The summed E-state index contributed by atoms with van der Waals surface area (Å²) in [6, 6.07) is 6.61. The summed E-state index contributed by atoms with van der Waals surface area (Å²) in [4.78, 5) is 0.179. The van der Waals surface area contributed by atoms with Crippen molar-refractivity contribution in [3.8, 4) is 0 Å². The standard InChI is InChI=1S/C15H21NO4S2/c1-10-2-4-11(5-3-10)22(19,20)16-21-14-8-6-12(17)15(21)9-7-13(14)18/h2-5,12-15,17-18H,6-9H2,1H3/t12-,13-,14-,15-/m1/s1. The Morgan fingerprint density at radius 3 is 2.00 bits per heavy atom. The number of nitrogens with zero attached hydrogens (tertiary/aromatic N) is 1. The van der Waals surface area contributed by atoms with Gasteiger partial charge in [-0.1, -0.05) is 28.4 Å². The molecule has 22 heavy (non-hydrogen) atoms. The van der Waals surface area contributed by atoms with Crippen molar-refractivity contribution in [3.63, 3.8) is 0 Å². The molecular formula is C15H21NO4S2.